The zero-order valence-electron chi connectivity index (χ0n) is 9.57. The Bertz CT molecular complexity index is 382. The number of alkyl halides is 1. The van der Waals surface area contributed by atoms with Crippen LogP contribution in [0, 0.1) is 12.8 Å². The van der Waals surface area contributed by atoms with Gasteiger partial charge in [-0.15, -0.1) is 11.6 Å². The number of carbonyl (C=O) groups is 1. The summed E-state index contributed by atoms with van der Waals surface area (Å²) >= 11 is 5.91. The Morgan fingerprint density at radius 2 is 2.31 bits per heavy atom. The molecule has 1 aliphatic rings. The van der Waals surface area contributed by atoms with Gasteiger partial charge in [0.2, 0.25) is 0 Å². The van der Waals surface area contributed by atoms with Gasteiger partial charge in [-0.3, -0.25) is 4.79 Å². The lowest BCUT2D eigenvalue weighted by Crippen LogP contribution is -2.38. The molecule has 0 aliphatic heterocycles. The Kier molecular flexibility index (Phi) is 3.24. The van der Waals surface area contributed by atoms with E-state index in [1.165, 1.54) is 0 Å². The predicted octanol–water partition coefficient (Wildman–Crippen LogP) is 2.68. The first-order valence-electron chi connectivity index (χ1n) is 5.51. The minimum Gasteiger partial charge on any atom is -0.459 e. The molecule has 4 heteroatoms. The van der Waals surface area contributed by atoms with Gasteiger partial charge in [0.25, 0.3) is 5.91 Å². The minimum absolute atomic E-state index is 0.0412. The van der Waals surface area contributed by atoms with Gasteiger partial charge in [0, 0.05) is 24.5 Å². The van der Waals surface area contributed by atoms with Crippen molar-refractivity contribution < 1.29 is 9.21 Å². The summed E-state index contributed by atoms with van der Waals surface area (Å²) in [5, 5.41) is 0.304. The molecule has 1 aromatic heterocycles. The zero-order chi connectivity index (χ0) is 11.7. The standard InChI is InChI=1S/C12H16ClNO2/c1-8-3-4-16-11(8)12(15)14(2)7-9-5-10(13)6-9/h3-4,9-10H,5-7H2,1-2H3. The third-order valence-corrected chi connectivity index (χ3v) is 3.47. The number of rotatable bonds is 3. The molecule has 0 N–H and O–H groups in total. The molecule has 1 saturated carbocycles. The number of halogens is 1. The van der Waals surface area contributed by atoms with Crippen molar-refractivity contribution in [3.05, 3.63) is 23.7 Å². The second-order valence-electron chi connectivity index (χ2n) is 4.55. The third-order valence-electron chi connectivity index (χ3n) is 3.11. The van der Waals surface area contributed by atoms with E-state index in [1.807, 2.05) is 14.0 Å². The van der Waals surface area contributed by atoms with Gasteiger partial charge in [0.1, 0.15) is 0 Å². The van der Waals surface area contributed by atoms with Crippen LogP contribution in [0.15, 0.2) is 16.7 Å². The quantitative estimate of drug-likeness (QED) is 0.763. The van der Waals surface area contributed by atoms with Crippen LogP contribution < -0.4 is 0 Å². The van der Waals surface area contributed by atoms with Crippen LogP contribution in [0.2, 0.25) is 0 Å². The molecule has 0 saturated heterocycles. The van der Waals surface area contributed by atoms with E-state index in [4.69, 9.17) is 16.0 Å². The average molecular weight is 242 g/mol. The molecule has 1 aromatic rings. The SMILES string of the molecule is Cc1ccoc1C(=O)N(C)CC1CC(Cl)C1. The van der Waals surface area contributed by atoms with E-state index in [0.717, 1.165) is 24.9 Å². The second-order valence-corrected chi connectivity index (χ2v) is 5.17. The topological polar surface area (TPSA) is 33.5 Å². The molecule has 3 nitrogen and oxygen atoms in total. The molecule has 2 rings (SSSR count). The Balaban J connectivity index is 1.92. The van der Waals surface area contributed by atoms with E-state index < -0.39 is 0 Å². The predicted molar refractivity (Wildman–Crippen MR) is 62.8 cm³/mol. The number of hydrogen-bond acceptors (Lipinski definition) is 2. The highest BCUT2D eigenvalue weighted by molar-refractivity contribution is 6.21. The summed E-state index contributed by atoms with van der Waals surface area (Å²) in [5.74, 6) is 0.955. The summed E-state index contributed by atoms with van der Waals surface area (Å²) in [7, 11) is 1.81. The molecular weight excluding hydrogens is 226 g/mol. The largest absolute Gasteiger partial charge is 0.459 e. The first kappa shape index (κ1) is 11.5. The number of furan rings is 1. The maximum Gasteiger partial charge on any atom is 0.289 e. The van der Waals surface area contributed by atoms with E-state index in [1.54, 1.807) is 17.2 Å². The van der Waals surface area contributed by atoms with Crippen LogP contribution in [0.5, 0.6) is 0 Å². The number of aryl methyl sites for hydroxylation is 1. The van der Waals surface area contributed by atoms with Gasteiger partial charge in [0.15, 0.2) is 5.76 Å². The number of carbonyl (C=O) groups excluding carboxylic acids is 1. The summed E-state index contributed by atoms with van der Waals surface area (Å²) in [6.45, 7) is 2.64. The van der Waals surface area contributed by atoms with E-state index in [0.29, 0.717) is 17.1 Å². The summed E-state index contributed by atoms with van der Waals surface area (Å²) in [4.78, 5) is 13.7. The zero-order valence-corrected chi connectivity index (χ0v) is 10.3. The molecule has 16 heavy (non-hydrogen) atoms. The Morgan fingerprint density at radius 3 is 2.81 bits per heavy atom. The maximum absolute atomic E-state index is 12.0. The highest BCUT2D eigenvalue weighted by Crippen LogP contribution is 2.32. The van der Waals surface area contributed by atoms with Gasteiger partial charge in [-0.25, -0.2) is 0 Å². The first-order valence-corrected chi connectivity index (χ1v) is 5.95. The van der Waals surface area contributed by atoms with Crippen molar-refractivity contribution in [1.29, 1.82) is 0 Å². The smallest absolute Gasteiger partial charge is 0.289 e. The number of nitrogens with zero attached hydrogens (tertiary/aromatic N) is 1. The van der Waals surface area contributed by atoms with Crippen molar-refractivity contribution in [3.63, 3.8) is 0 Å². The van der Waals surface area contributed by atoms with Gasteiger partial charge in [-0.05, 0) is 31.7 Å². The lowest BCUT2D eigenvalue weighted by atomic mass is 9.84. The van der Waals surface area contributed by atoms with Crippen LogP contribution >= 0.6 is 11.6 Å². The van der Waals surface area contributed by atoms with Crippen LogP contribution in [0.25, 0.3) is 0 Å². The molecule has 0 unspecified atom stereocenters. The highest BCUT2D eigenvalue weighted by Gasteiger charge is 2.30. The Labute approximate surface area is 100 Å². The lowest BCUT2D eigenvalue weighted by molar-refractivity contribution is 0.0714. The van der Waals surface area contributed by atoms with E-state index in [9.17, 15) is 4.79 Å². The molecule has 0 atom stereocenters. The fraction of sp³-hybridized carbons (Fsp3) is 0.583. The summed E-state index contributed by atoms with van der Waals surface area (Å²) in [6, 6.07) is 1.80. The highest BCUT2D eigenvalue weighted by atomic mass is 35.5. The molecule has 1 aliphatic carbocycles. The fourth-order valence-electron chi connectivity index (χ4n) is 2.04. The average Bonchev–Trinajstić information content (AvgIpc) is 2.61. The molecular formula is C12H16ClNO2. The van der Waals surface area contributed by atoms with E-state index in [-0.39, 0.29) is 5.91 Å². The van der Waals surface area contributed by atoms with Gasteiger partial charge in [-0.2, -0.15) is 0 Å². The van der Waals surface area contributed by atoms with E-state index in [2.05, 4.69) is 0 Å². The van der Waals surface area contributed by atoms with Crippen LogP contribution in [-0.2, 0) is 0 Å². The first-order chi connectivity index (χ1) is 7.58. The molecule has 0 spiro atoms. The van der Waals surface area contributed by atoms with Gasteiger partial charge in [-0.1, -0.05) is 0 Å². The van der Waals surface area contributed by atoms with Crippen molar-refractivity contribution in [2.24, 2.45) is 5.92 Å². The Morgan fingerprint density at radius 1 is 1.62 bits per heavy atom. The summed E-state index contributed by atoms with van der Waals surface area (Å²) < 4.78 is 5.18. The van der Waals surface area contributed by atoms with Crippen LogP contribution in [0.1, 0.15) is 29.0 Å². The minimum atomic E-state index is -0.0412. The lowest BCUT2D eigenvalue weighted by Gasteiger charge is -2.33. The van der Waals surface area contributed by atoms with Crippen molar-refractivity contribution in [3.8, 4) is 0 Å². The van der Waals surface area contributed by atoms with E-state index >= 15 is 0 Å². The van der Waals surface area contributed by atoms with Gasteiger partial charge in [0.05, 0.1) is 6.26 Å². The molecule has 0 radical (unpaired) electrons. The molecule has 1 fully saturated rings. The molecule has 1 heterocycles. The fourth-order valence-corrected chi connectivity index (χ4v) is 2.54. The van der Waals surface area contributed by atoms with Crippen molar-refractivity contribution in [2.45, 2.75) is 25.1 Å². The Hall–Kier alpha value is -0.960. The monoisotopic (exact) mass is 241 g/mol. The maximum atomic E-state index is 12.0. The number of hydrogen-bond donors (Lipinski definition) is 0. The molecule has 1 amide bonds. The summed E-state index contributed by atoms with van der Waals surface area (Å²) in [6.07, 6.45) is 3.57. The van der Waals surface area contributed by atoms with Crippen LogP contribution in [-0.4, -0.2) is 29.8 Å². The van der Waals surface area contributed by atoms with Crippen molar-refractivity contribution >= 4 is 17.5 Å². The van der Waals surface area contributed by atoms with Crippen LogP contribution in [0.3, 0.4) is 0 Å². The molecule has 88 valence electrons. The third kappa shape index (κ3) is 2.24. The molecule has 0 bridgehead atoms. The van der Waals surface area contributed by atoms with Crippen molar-refractivity contribution in [1.82, 2.24) is 4.90 Å². The van der Waals surface area contributed by atoms with Crippen LogP contribution in [0.4, 0.5) is 0 Å². The number of amides is 1. The second kappa shape index (κ2) is 4.50. The van der Waals surface area contributed by atoms with Gasteiger partial charge >= 0.3 is 0 Å². The summed E-state index contributed by atoms with van der Waals surface area (Å²) in [5.41, 5.74) is 0.890. The van der Waals surface area contributed by atoms with Gasteiger partial charge < -0.3 is 9.32 Å². The normalized spacial score (nSPS) is 23.9. The van der Waals surface area contributed by atoms with Crippen molar-refractivity contribution in [2.75, 3.05) is 13.6 Å². The molecule has 0 aromatic carbocycles.